The Morgan fingerprint density at radius 3 is 2.77 bits per heavy atom. The van der Waals surface area contributed by atoms with Gasteiger partial charge in [-0.3, -0.25) is 9.69 Å². The van der Waals surface area contributed by atoms with Crippen LogP contribution in [0.5, 0.6) is 11.5 Å². The van der Waals surface area contributed by atoms with Crippen molar-refractivity contribution >= 4 is 5.91 Å². The molecule has 0 bridgehead atoms. The monoisotopic (exact) mass is 431 g/mol. The molecule has 1 atom stereocenters. The highest BCUT2D eigenvalue weighted by molar-refractivity contribution is 5.76. The van der Waals surface area contributed by atoms with Gasteiger partial charge in [0.05, 0.1) is 26.4 Å². The first-order chi connectivity index (χ1) is 15.0. The van der Waals surface area contributed by atoms with Gasteiger partial charge in [0.25, 0.3) is 0 Å². The molecule has 0 unspecified atom stereocenters. The van der Waals surface area contributed by atoms with Crippen LogP contribution in [-0.2, 0) is 29.0 Å². The van der Waals surface area contributed by atoms with E-state index < -0.39 is 0 Å². The van der Waals surface area contributed by atoms with Gasteiger partial charge in [-0.15, -0.1) is 10.2 Å². The van der Waals surface area contributed by atoms with Crippen molar-refractivity contribution in [1.29, 1.82) is 0 Å². The molecule has 9 nitrogen and oxygen atoms in total. The van der Waals surface area contributed by atoms with Gasteiger partial charge < -0.3 is 24.1 Å². The molecule has 0 saturated heterocycles. The molecule has 1 amide bonds. The van der Waals surface area contributed by atoms with E-state index in [1.165, 1.54) is 5.56 Å². The Kier molecular flexibility index (Phi) is 8.25. The minimum Gasteiger partial charge on any atom is -0.493 e. The van der Waals surface area contributed by atoms with Gasteiger partial charge in [0, 0.05) is 46.1 Å². The summed E-state index contributed by atoms with van der Waals surface area (Å²) in [5, 5.41) is 11.7. The summed E-state index contributed by atoms with van der Waals surface area (Å²) in [5.41, 5.74) is 1.18. The van der Waals surface area contributed by atoms with E-state index in [0.717, 1.165) is 55.7 Å². The zero-order valence-electron chi connectivity index (χ0n) is 18.9. The lowest BCUT2D eigenvalue weighted by molar-refractivity contribution is -0.122. The number of rotatable bonds is 10. The molecule has 3 rings (SSSR count). The molecule has 2 heterocycles. The topological polar surface area (TPSA) is 90.7 Å². The van der Waals surface area contributed by atoms with E-state index in [0.29, 0.717) is 19.6 Å². The number of methoxy groups -OCH3 is 2. The van der Waals surface area contributed by atoms with Gasteiger partial charge in [-0.2, -0.15) is 0 Å². The maximum atomic E-state index is 12.0. The molecular formula is C22H33N5O4. The molecule has 0 radical (unpaired) electrons. The van der Waals surface area contributed by atoms with Gasteiger partial charge in [-0.05, 0) is 31.5 Å². The molecule has 2 aromatic rings. The number of hydrogen-bond donors (Lipinski definition) is 1. The molecule has 0 fully saturated rings. The van der Waals surface area contributed by atoms with Gasteiger partial charge >= 0.3 is 0 Å². The SMILES string of the molecule is CCOc1cc(CN2CCc3nnc([C@@H](C)NC(=O)CCOC)n3CC2)ccc1OC. The smallest absolute Gasteiger partial charge is 0.222 e. The summed E-state index contributed by atoms with van der Waals surface area (Å²) < 4.78 is 18.2. The second-order valence-corrected chi connectivity index (χ2v) is 7.60. The van der Waals surface area contributed by atoms with Crippen molar-refractivity contribution in [3.63, 3.8) is 0 Å². The van der Waals surface area contributed by atoms with Crippen molar-refractivity contribution in [3.05, 3.63) is 35.4 Å². The third-order valence-corrected chi connectivity index (χ3v) is 5.38. The highest BCUT2D eigenvalue weighted by Crippen LogP contribution is 2.28. The maximum Gasteiger partial charge on any atom is 0.222 e. The molecule has 0 saturated carbocycles. The van der Waals surface area contributed by atoms with Crippen molar-refractivity contribution < 1.29 is 19.0 Å². The summed E-state index contributed by atoms with van der Waals surface area (Å²) in [4.78, 5) is 14.4. The molecule has 1 aromatic carbocycles. The van der Waals surface area contributed by atoms with Crippen LogP contribution in [0.25, 0.3) is 0 Å². The number of aromatic nitrogens is 3. The lowest BCUT2D eigenvalue weighted by Crippen LogP contribution is -2.30. The van der Waals surface area contributed by atoms with Crippen molar-refractivity contribution in [3.8, 4) is 11.5 Å². The second-order valence-electron chi connectivity index (χ2n) is 7.60. The number of fused-ring (bicyclic) bond motifs is 1. The Balaban J connectivity index is 1.63. The van der Waals surface area contributed by atoms with Gasteiger partial charge in [0.2, 0.25) is 5.91 Å². The number of amides is 1. The van der Waals surface area contributed by atoms with Crippen LogP contribution < -0.4 is 14.8 Å². The molecule has 1 aliphatic rings. The first-order valence-electron chi connectivity index (χ1n) is 10.8. The predicted octanol–water partition coefficient (Wildman–Crippen LogP) is 1.96. The van der Waals surface area contributed by atoms with Gasteiger partial charge in [-0.25, -0.2) is 0 Å². The van der Waals surface area contributed by atoms with Crippen LogP contribution >= 0.6 is 0 Å². The fourth-order valence-electron chi connectivity index (χ4n) is 3.79. The number of carbonyl (C=O) groups is 1. The highest BCUT2D eigenvalue weighted by Gasteiger charge is 2.23. The molecule has 1 aliphatic heterocycles. The number of hydrogen-bond acceptors (Lipinski definition) is 7. The van der Waals surface area contributed by atoms with E-state index in [2.05, 4.69) is 37.1 Å². The van der Waals surface area contributed by atoms with E-state index >= 15 is 0 Å². The molecular weight excluding hydrogens is 398 g/mol. The summed E-state index contributed by atoms with van der Waals surface area (Å²) in [6, 6.07) is 5.89. The van der Waals surface area contributed by atoms with Crippen molar-refractivity contribution in [2.24, 2.45) is 0 Å². The van der Waals surface area contributed by atoms with E-state index in [-0.39, 0.29) is 11.9 Å². The fraction of sp³-hybridized carbons (Fsp3) is 0.591. The van der Waals surface area contributed by atoms with Crippen molar-refractivity contribution in [2.75, 3.05) is 40.5 Å². The number of ether oxygens (including phenoxy) is 3. The quantitative estimate of drug-likeness (QED) is 0.615. The van der Waals surface area contributed by atoms with Crippen LogP contribution in [0.4, 0.5) is 0 Å². The summed E-state index contributed by atoms with van der Waals surface area (Å²) in [6.45, 7) is 8.28. The summed E-state index contributed by atoms with van der Waals surface area (Å²) in [6.07, 6.45) is 1.15. The van der Waals surface area contributed by atoms with Gasteiger partial charge in [0.1, 0.15) is 5.82 Å². The second kappa shape index (κ2) is 11.1. The Morgan fingerprint density at radius 2 is 2.03 bits per heavy atom. The van der Waals surface area contributed by atoms with Crippen LogP contribution in [0.2, 0.25) is 0 Å². The average Bonchev–Trinajstić information content (AvgIpc) is 3.07. The molecule has 0 aliphatic carbocycles. The minimum absolute atomic E-state index is 0.0495. The first kappa shape index (κ1) is 23.0. The van der Waals surface area contributed by atoms with Crippen LogP contribution in [0, 0.1) is 0 Å². The highest BCUT2D eigenvalue weighted by atomic mass is 16.5. The Labute approximate surface area is 183 Å². The molecule has 0 spiro atoms. The van der Waals surface area contributed by atoms with Gasteiger partial charge in [-0.1, -0.05) is 6.07 Å². The fourth-order valence-corrected chi connectivity index (χ4v) is 3.79. The molecule has 1 aromatic heterocycles. The largest absolute Gasteiger partial charge is 0.493 e. The zero-order chi connectivity index (χ0) is 22.2. The standard InChI is InChI=1S/C22H33N5O4/c1-5-31-19-14-17(6-7-18(19)30-4)15-26-10-8-20-24-25-22(27(20)12-11-26)16(2)23-21(28)9-13-29-3/h6-7,14,16H,5,8-13,15H2,1-4H3,(H,23,28)/t16-/m1/s1. The normalized spacial score (nSPS) is 15.1. The average molecular weight is 432 g/mol. The minimum atomic E-state index is -0.201. The zero-order valence-corrected chi connectivity index (χ0v) is 18.9. The molecule has 9 heteroatoms. The summed E-state index contributed by atoms with van der Waals surface area (Å²) in [7, 11) is 3.24. The summed E-state index contributed by atoms with van der Waals surface area (Å²) >= 11 is 0. The molecule has 31 heavy (non-hydrogen) atoms. The van der Waals surface area contributed by atoms with Crippen LogP contribution in [0.15, 0.2) is 18.2 Å². The lowest BCUT2D eigenvalue weighted by Gasteiger charge is -2.21. The van der Waals surface area contributed by atoms with E-state index in [1.807, 2.05) is 19.9 Å². The van der Waals surface area contributed by atoms with E-state index in [1.54, 1.807) is 14.2 Å². The number of carbonyl (C=O) groups excluding carboxylic acids is 1. The Morgan fingerprint density at radius 1 is 1.19 bits per heavy atom. The van der Waals surface area contributed by atoms with Crippen molar-refractivity contribution in [2.45, 2.75) is 45.8 Å². The van der Waals surface area contributed by atoms with Crippen LogP contribution in [-0.4, -0.2) is 66.1 Å². The van der Waals surface area contributed by atoms with Crippen LogP contribution in [0.3, 0.4) is 0 Å². The number of nitrogens with one attached hydrogen (secondary N) is 1. The number of nitrogens with zero attached hydrogens (tertiary/aromatic N) is 4. The van der Waals surface area contributed by atoms with Gasteiger partial charge in [0.15, 0.2) is 17.3 Å². The Bertz CT molecular complexity index is 870. The van der Waals surface area contributed by atoms with Crippen LogP contribution in [0.1, 0.15) is 43.5 Å². The van der Waals surface area contributed by atoms with Crippen molar-refractivity contribution in [1.82, 2.24) is 25.0 Å². The predicted molar refractivity (Wildman–Crippen MR) is 116 cm³/mol. The number of benzene rings is 1. The van der Waals surface area contributed by atoms with E-state index in [4.69, 9.17) is 14.2 Å². The molecule has 1 N–H and O–H groups in total. The third kappa shape index (κ3) is 5.95. The molecule has 170 valence electrons. The first-order valence-corrected chi connectivity index (χ1v) is 10.8. The van der Waals surface area contributed by atoms with E-state index in [9.17, 15) is 4.79 Å². The Hall–Kier alpha value is -2.65. The summed E-state index contributed by atoms with van der Waals surface area (Å²) in [5.74, 6) is 3.23. The maximum absolute atomic E-state index is 12.0. The lowest BCUT2D eigenvalue weighted by atomic mass is 10.2. The third-order valence-electron chi connectivity index (χ3n) is 5.38.